The molecule has 4 heteroatoms. The summed E-state index contributed by atoms with van der Waals surface area (Å²) >= 11 is 5.03. The molecule has 0 spiro atoms. The molecule has 82 valence electrons. The molecule has 0 unspecified atom stereocenters. The molecule has 0 fully saturated rings. The van der Waals surface area contributed by atoms with Crippen LogP contribution in [0.3, 0.4) is 0 Å². The van der Waals surface area contributed by atoms with Crippen LogP contribution < -0.4 is 0 Å². The molecule has 0 amide bonds. The van der Waals surface area contributed by atoms with E-state index in [-0.39, 0.29) is 5.78 Å². The average molecular weight is 296 g/mol. The Balaban J connectivity index is 2.22. The minimum atomic E-state index is 0.142. The van der Waals surface area contributed by atoms with Crippen LogP contribution >= 0.6 is 27.3 Å². The quantitative estimate of drug-likeness (QED) is 0.809. The first-order valence-corrected chi connectivity index (χ1v) is 6.51. The Morgan fingerprint density at radius 2 is 2.31 bits per heavy atom. The van der Waals surface area contributed by atoms with E-state index >= 15 is 0 Å². The third-order valence-corrected chi connectivity index (χ3v) is 4.26. The zero-order valence-corrected chi connectivity index (χ0v) is 11.1. The van der Waals surface area contributed by atoms with E-state index in [1.165, 1.54) is 0 Å². The number of halogens is 1. The van der Waals surface area contributed by atoms with Crippen molar-refractivity contribution in [2.75, 3.05) is 0 Å². The van der Waals surface area contributed by atoms with Gasteiger partial charge in [-0.2, -0.15) is 0 Å². The average Bonchev–Trinajstić information content (AvgIpc) is 2.65. The summed E-state index contributed by atoms with van der Waals surface area (Å²) in [6.07, 6.45) is 3.82. The maximum absolute atomic E-state index is 12.0. The Labute approximate surface area is 106 Å². The Morgan fingerprint density at radius 3 is 2.94 bits per heavy atom. The standard InChI is InChI=1S/C12H10BrNOS/c1-8-7-14-4-2-9(8)11(15)6-12-10(13)3-5-16-12/h2-5,7H,6H2,1H3. The van der Waals surface area contributed by atoms with E-state index in [4.69, 9.17) is 0 Å². The summed E-state index contributed by atoms with van der Waals surface area (Å²) in [4.78, 5) is 17.1. The van der Waals surface area contributed by atoms with Crippen LogP contribution in [0.5, 0.6) is 0 Å². The third-order valence-electron chi connectivity index (χ3n) is 2.33. The van der Waals surface area contributed by atoms with E-state index in [2.05, 4.69) is 20.9 Å². The second-order valence-corrected chi connectivity index (χ2v) is 5.34. The number of aromatic nitrogens is 1. The van der Waals surface area contributed by atoms with Crippen LogP contribution in [-0.4, -0.2) is 10.8 Å². The van der Waals surface area contributed by atoms with Gasteiger partial charge >= 0.3 is 0 Å². The van der Waals surface area contributed by atoms with Gasteiger partial charge < -0.3 is 0 Å². The van der Waals surface area contributed by atoms with Crippen LogP contribution in [-0.2, 0) is 6.42 Å². The van der Waals surface area contributed by atoms with Gasteiger partial charge in [0.15, 0.2) is 5.78 Å². The fraction of sp³-hybridized carbons (Fsp3) is 0.167. The van der Waals surface area contributed by atoms with Crippen LogP contribution in [0.2, 0.25) is 0 Å². The minimum absolute atomic E-state index is 0.142. The van der Waals surface area contributed by atoms with Gasteiger partial charge in [-0.3, -0.25) is 9.78 Å². The number of nitrogens with zero attached hydrogens (tertiary/aromatic N) is 1. The van der Waals surface area contributed by atoms with Gasteiger partial charge in [-0.25, -0.2) is 0 Å². The van der Waals surface area contributed by atoms with Crippen LogP contribution in [0.15, 0.2) is 34.4 Å². The highest BCUT2D eigenvalue weighted by atomic mass is 79.9. The van der Waals surface area contributed by atoms with Crippen LogP contribution in [0.4, 0.5) is 0 Å². The fourth-order valence-electron chi connectivity index (χ4n) is 1.48. The number of ketones is 1. The lowest BCUT2D eigenvalue weighted by atomic mass is 10.0. The predicted molar refractivity (Wildman–Crippen MR) is 69.0 cm³/mol. The highest BCUT2D eigenvalue weighted by Gasteiger charge is 2.12. The maximum Gasteiger partial charge on any atom is 0.168 e. The topological polar surface area (TPSA) is 30.0 Å². The molecule has 16 heavy (non-hydrogen) atoms. The van der Waals surface area contributed by atoms with Gasteiger partial charge in [0, 0.05) is 33.7 Å². The van der Waals surface area contributed by atoms with Gasteiger partial charge in [-0.05, 0) is 45.9 Å². The van der Waals surface area contributed by atoms with Gasteiger partial charge in [-0.15, -0.1) is 11.3 Å². The summed E-state index contributed by atoms with van der Waals surface area (Å²) in [7, 11) is 0. The van der Waals surface area contributed by atoms with Crippen molar-refractivity contribution < 1.29 is 4.79 Å². The number of pyridine rings is 1. The highest BCUT2D eigenvalue weighted by molar-refractivity contribution is 9.10. The molecule has 2 rings (SSSR count). The van der Waals surface area contributed by atoms with Crippen LogP contribution in [0.1, 0.15) is 20.8 Å². The summed E-state index contributed by atoms with van der Waals surface area (Å²) in [5, 5.41) is 1.98. The Bertz CT molecular complexity index is 521. The lowest BCUT2D eigenvalue weighted by Crippen LogP contribution is -2.05. The molecular formula is C12H10BrNOS. The van der Waals surface area contributed by atoms with Crippen LogP contribution in [0.25, 0.3) is 0 Å². The van der Waals surface area contributed by atoms with Crippen molar-refractivity contribution >= 4 is 33.0 Å². The number of hydrogen-bond donors (Lipinski definition) is 0. The summed E-state index contributed by atoms with van der Waals surface area (Å²) < 4.78 is 1.01. The van der Waals surface area contributed by atoms with Crippen molar-refractivity contribution in [3.63, 3.8) is 0 Å². The van der Waals surface area contributed by atoms with Gasteiger partial charge in [0.1, 0.15) is 0 Å². The summed E-state index contributed by atoms with van der Waals surface area (Å²) in [5.74, 6) is 0.142. The van der Waals surface area contributed by atoms with Crippen molar-refractivity contribution in [1.82, 2.24) is 4.98 Å². The lowest BCUT2D eigenvalue weighted by Gasteiger charge is -2.03. The van der Waals surface area contributed by atoms with Gasteiger partial charge in [0.2, 0.25) is 0 Å². The zero-order valence-electron chi connectivity index (χ0n) is 8.74. The second kappa shape index (κ2) is 4.89. The van der Waals surface area contributed by atoms with Crippen molar-refractivity contribution in [2.24, 2.45) is 0 Å². The zero-order chi connectivity index (χ0) is 11.5. The van der Waals surface area contributed by atoms with E-state index in [1.54, 1.807) is 29.8 Å². The molecule has 0 radical (unpaired) electrons. The van der Waals surface area contributed by atoms with Crippen molar-refractivity contribution in [2.45, 2.75) is 13.3 Å². The van der Waals surface area contributed by atoms with Crippen LogP contribution in [0, 0.1) is 6.92 Å². The molecule has 2 aromatic heterocycles. The number of thiophene rings is 1. The Kier molecular flexibility index (Phi) is 3.51. The van der Waals surface area contributed by atoms with Gasteiger partial charge in [-0.1, -0.05) is 0 Å². The van der Waals surface area contributed by atoms with E-state index in [9.17, 15) is 4.79 Å². The van der Waals surface area contributed by atoms with E-state index < -0.39 is 0 Å². The molecule has 0 bridgehead atoms. The molecule has 0 saturated carbocycles. The maximum atomic E-state index is 12.0. The van der Waals surface area contributed by atoms with Gasteiger partial charge in [0.05, 0.1) is 0 Å². The molecule has 0 aromatic carbocycles. The number of rotatable bonds is 3. The molecule has 0 aliphatic carbocycles. The largest absolute Gasteiger partial charge is 0.294 e. The normalized spacial score (nSPS) is 10.4. The molecule has 0 aliphatic rings. The summed E-state index contributed by atoms with van der Waals surface area (Å²) in [6, 6.07) is 3.74. The monoisotopic (exact) mass is 295 g/mol. The Morgan fingerprint density at radius 1 is 1.50 bits per heavy atom. The number of carbonyl (C=O) groups is 1. The molecule has 0 aliphatic heterocycles. The van der Waals surface area contributed by atoms with Crippen molar-refractivity contribution in [3.8, 4) is 0 Å². The molecule has 0 N–H and O–H groups in total. The van der Waals surface area contributed by atoms with Crippen molar-refractivity contribution in [1.29, 1.82) is 0 Å². The minimum Gasteiger partial charge on any atom is -0.294 e. The Hall–Kier alpha value is -1.00. The predicted octanol–water partition coefficient (Wildman–Crippen LogP) is 3.64. The SMILES string of the molecule is Cc1cnccc1C(=O)Cc1sccc1Br. The molecule has 2 aromatic rings. The number of hydrogen-bond acceptors (Lipinski definition) is 3. The first-order valence-electron chi connectivity index (χ1n) is 4.84. The highest BCUT2D eigenvalue weighted by Crippen LogP contribution is 2.24. The fourth-order valence-corrected chi connectivity index (χ4v) is 2.97. The van der Waals surface area contributed by atoms with E-state index in [0.29, 0.717) is 6.42 Å². The smallest absolute Gasteiger partial charge is 0.168 e. The second-order valence-electron chi connectivity index (χ2n) is 3.48. The first-order chi connectivity index (χ1) is 7.68. The number of aryl methyl sites for hydroxylation is 1. The van der Waals surface area contributed by atoms with Gasteiger partial charge in [0.25, 0.3) is 0 Å². The number of carbonyl (C=O) groups excluding carboxylic acids is 1. The third kappa shape index (κ3) is 2.39. The molecular weight excluding hydrogens is 286 g/mol. The number of Topliss-reactive ketones (excluding diaryl/α,β-unsaturated/α-hetero) is 1. The lowest BCUT2D eigenvalue weighted by molar-refractivity contribution is 0.0993. The van der Waals surface area contributed by atoms with E-state index in [1.807, 2.05) is 18.4 Å². The molecule has 0 saturated heterocycles. The molecule has 2 nitrogen and oxygen atoms in total. The molecule has 2 heterocycles. The summed E-state index contributed by atoms with van der Waals surface area (Å²) in [6.45, 7) is 1.91. The van der Waals surface area contributed by atoms with E-state index in [0.717, 1.165) is 20.5 Å². The van der Waals surface area contributed by atoms with Crippen molar-refractivity contribution in [3.05, 3.63) is 50.4 Å². The first kappa shape index (κ1) is 11.5. The summed E-state index contributed by atoms with van der Waals surface area (Å²) in [5.41, 5.74) is 1.69. The molecule has 0 atom stereocenters.